The summed E-state index contributed by atoms with van der Waals surface area (Å²) >= 11 is 6.09. The fourth-order valence-corrected chi connectivity index (χ4v) is 2.67. The van der Waals surface area contributed by atoms with Crippen LogP contribution in [0.2, 0.25) is 5.02 Å². The van der Waals surface area contributed by atoms with E-state index in [4.69, 9.17) is 11.6 Å². The van der Waals surface area contributed by atoms with Gasteiger partial charge >= 0.3 is 0 Å². The molecule has 1 heterocycles. The topological polar surface area (TPSA) is 12.9 Å². The summed E-state index contributed by atoms with van der Waals surface area (Å²) in [5, 5.41) is 3.19. The van der Waals surface area contributed by atoms with E-state index in [2.05, 4.69) is 48.3 Å². The quantitative estimate of drug-likeness (QED) is 0.628. The van der Waals surface area contributed by atoms with Crippen molar-refractivity contribution in [3.63, 3.8) is 0 Å². The van der Waals surface area contributed by atoms with Crippen molar-refractivity contribution in [2.24, 2.45) is 0 Å². The Bertz CT molecular complexity index is 729. The summed E-state index contributed by atoms with van der Waals surface area (Å²) in [5.41, 5.74) is 3.77. The maximum Gasteiger partial charge on any atom is 0.0409 e. The molecule has 0 spiro atoms. The lowest BCUT2D eigenvalue weighted by Gasteiger charge is -2.11. The second kappa shape index (κ2) is 5.02. The summed E-state index contributed by atoms with van der Waals surface area (Å²) in [5.74, 6) is 0. The van der Waals surface area contributed by atoms with Crippen molar-refractivity contribution in [3.8, 4) is 11.1 Å². The van der Waals surface area contributed by atoms with Crippen molar-refractivity contribution in [2.75, 3.05) is 0 Å². The summed E-state index contributed by atoms with van der Waals surface area (Å²) in [6.07, 6.45) is 4.71. The number of nitrogens with zero attached hydrogens (tertiary/aromatic N) is 1. The molecule has 0 aliphatic rings. The van der Waals surface area contributed by atoms with Crippen LogP contribution in [0.15, 0.2) is 54.9 Å². The number of pyridine rings is 1. The molecule has 0 saturated carbocycles. The van der Waals surface area contributed by atoms with E-state index >= 15 is 0 Å². The van der Waals surface area contributed by atoms with E-state index in [9.17, 15) is 0 Å². The average Bonchev–Trinajstić information content (AvgIpc) is 2.46. The molecule has 0 fully saturated rings. The predicted octanol–water partition coefficient (Wildman–Crippen LogP) is 5.12. The molecule has 0 aliphatic heterocycles. The Labute approximate surface area is 117 Å². The molecule has 0 saturated heterocycles. The molecule has 2 heteroatoms. The van der Waals surface area contributed by atoms with Crippen molar-refractivity contribution in [3.05, 3.63) is 65.4 Å². The second-order valence-electron chi connectivity index (χ2n) is 4.56. The third-order valence-corrected chi connectivity index (χ3v) is 3.65. The smallest absolute Gasteiger partial charge is 0.0409 e. The molecule has 3 rings (SSSR count). The largest absolute Gasteiger partial charge is 0.264 e. The fourth-order valence-electron chi connectivity index (χ4n) is 2.47. The van der Waals surface area contributed by atoms with Gasteiger partial charge in [-0.25, -0.2) is 0 Å². The maximum atomic E-state index is 6.09. The van der Waals surface area contributed by atoms with Gasteiger partial charge in [-0.15, -0.1) is 0 Å². The van der Waals surface area contributed by atoms with Gasteiger partial charge in [0.05, 0.1) is 0 Å². The van der Waals surface area contributed by atoms with E-state index in [1.165, 1.54) is 22.1 Å². The van der Waals surface area contributed by atoms with Gasteiger partial charge in [0.15, 0.2) is 0 Å². The van der Waals surface area contributed by atoms with Crippen LogP contribution in [0, 0.1) is 0 Å². The third kappa shape index (κ3) is 2.22. The average molecular weight is 268 g/mol. The predicted molar refractivity (Wildman–Crippen MR) is 81.6 cm³/mol. The van der Waals surface area contributed by atoms with Crippen molar-refractivity contribution in [1.82, 2.24) is 4.98 Å². The van der Waals surface area contributed by atoms with E-state index in [0.29, 0.717) is 0 Å². The van der Waals surface area contributed by atoms with Crippen LogP contribution in [0.3, 0.4) is 0 Å². The highest BCUT2D eigenvalue weighted by atomic mass is 35.5. The van der Waals surface area contributed by atoms with Gasteiger partial charge in [0.2, 0.25) is 0 Å². The molecule has 0 unspecified atom stereocenters. The maximum absolute atomic E-state index is 6.09. The van der Waals surface area contributed by atoms with Crippen LogP contribution in [-0.2, 0) is 6.42 Å². The molecular weight excluding hydrogens is 254 g/mol. The monoisotopic (exact) mass is 267 g/mol. The summed E-state index contributed by atoms with van der Waals surface area (Å²) in [6.45, 7) is 2.15. The Morgan fingerprint density at radius 3 is 2.79 bits per heavy atom. The molecule has 94 valence electrons. The van der Waals surface area contributed by atoms with E-state index < -0.39 is 0 Å². The molecule has 2 aromatic carbocycles. The molecule has 0 N–H and O–H groups in total. The second-order valence-corrected chi connectivity index (χ2v) is 4.99. The normalized spacial score (nSPS) is 10.8. The molecule has 0 aliphatic carbocycles. The first-order valence-corrected chi connectivity index (χ1v) is 6.79. The van der Waals surface area contributed by atoms with Gasteiger partial charge in [-0.05, 0) is 46.7 Å². The van der Waals surface area contributed by atoms with Crippen LogP contribution in [-0.4, -0.2) is 4.98 Å². The number of hydrogen-bond acceptors (Lipinski definition) is 1. The first-order chi connectivity index (χ1) is 9.29. The first-order valence-electron chi connectivity index (χ1n) is 6.41. The lowest BCUT2D eigenvalue weighted by molar-refractivity contribution is 1.14. The molecular formula is C17H14ClN. The number of aromatic nitrogens is 1. The molecule has 3 aromatic rings. The number of aryl methyl sites for hydroxylation is 1. The first kappa shape index (κ1) is 12.2. The zero-order chi connectivity index (χ0) is 13.2. The van der Waals surface area contributed by atoms with E-state index in [1.54, 1.807) is 0 Å². The van der Waals surface area contributed by atoms with Crippen LogP contribution in [0.5, 0.6) is 0 Å². The van der Waals surface area contributed by atoms with Gasteiger partial charge in [-0.3, -0.25) is 4.98 Å². The van der Waals surface area contributed by atoms with Crippen molar-refractivity contribution in [2.45, 2.75) is 13.3 Å². The van der Waals surface area contributed by atoms with E-state index in [0.717, 1.165) is 16.8 Å². The van der Waals surface area contributed by atoms with Crippen LogP contribution in [0.25, 0.3) is 21.9 Å². The van der Waals surface area contributed by atoms with Gasteiger partial charge in [-0.2, -0.15) is 0 Å². The van der Waals surface area contributed by atoms with Crippen LogP contribution < -0.4 is 0 Å². The van der Waals surface area contributed by atoms with E-state index in [1.807, 2.05) is 18.5 Å². The Hall–Kier alpha value is -1.86. The molecule has 0 atom stereocenters. The number of rotatable bonds is 2. The molecule has 0 bridgehead atoms. The molecule has 1 aromatic heterocycles. The van der Waals surface area contributed by atoms with Crippen molar-refractivity contribution < 1.29 is 0 Å². The highest BCUT2D eigenvalue weighted by Gasteiger charge is 2.08. The van der Waals surface area contributed by atoms with Crippen LogP contribution in [0.1, 0.15) is 12.5 Å². The summed E-state index contributed by atoms with van der Waals surface area (Å²) in [7, 11) is 0. The Morgan fingerprint density at radius 2 is 1.95 bits per heavy atom. The van der Waals surface area contributed by atoms with Crippen LogP contribution in [0.4, 0.5) is 0 Å². The van der Waals surface area contributed by atoms with Crippen molar-refractivity contribution >= 4 is 22.4 Å². The van der Waals surface area contributed by atoms with Gasteiger partial charge < -0.3 is 0 Å². The lowest BCUT2D eigenvalue weighted by Crippen LogP contribution is -1.89. The highest BCUT2D eigenvalue weighted by Crippen LogP contribution is 2.32. The molecule has 1 nitrogen and oxygen atoms in total. The zero-order valence-corrected chi connectivity index (χ0v) is 11.5. The number of halogens is 1. The SMILES string of the molecule is CCc1cc(Cl)ccc1-c1cccc2cnccc12. The van der Waals surface area contributed by atoms with Gasteiger partial charge in [0, 0.05) is 22.8 Å². The molecule has 19 heavy (non-hydrogen) atoms. The Kier molecular flexibility index (Phi) is 3.22. The van der Waals surface area contributed by atoms with Gasteiger partial charge in [0.1, 0.15) is 0 Å². The minimum absolute atomic E-state index is 0.794. The number of hydrogen-bond donors (Lipinski definition) is 0. The standard InChI is InChI=1S/C17H14ClN/c1-2-12-10-14(18)6-7-15(12)17-5-3-4-13-11-19-9-8-16(13)17/h3-11H,2H2,1H3. The van der Waals surface area contributed by atoms with Crippen molar-refractivity contribution in [1.29, 1.82) is 0 Å². The number of fused-ring (bicyclic) bond motifs is 1. The number of benzene rings is 2. The zero-order valence-electron chi connectivity index (χ0n) is 10.7. The minimum Gasteiger partial charge on any atom is -0.264 e. The molecule has 0 amide bonds. The van der Waals surface area contributed by atoms with E-state index in [-0.39, 0.29) is 0 Å². The summed E-state index contributed by atoms with van der Waals surface area (Å²) in [6, 6.07) is 14.5. The lowest BCUT2D eigenvalue weighted by atomic mass is 9.94. The molecule has 0 radical (unpaired) electrons. The summed E-state index contributed by atoms with van der Waals surface area (Å²) in [4.78, 5) is 4.18. The Balaban J connectivity index is 2.30. The van der Waals surface area contributed by atoms with Gasteiger partial charge in [-0.1, -0.05) is 42.8 Å². The highest BCUT2D eigenvalue weighted by molar-refractivity contribution is 6.30. The fraction of sp³-hybridized carbons (Fsp3) is 0.118. The van der Waals surface area contributed by atoms with Crippen LogP contribution >= 0.6 is 11.6 Å². The third-order valence-electron chi connectivity index (χ3n) is 3.42. The Morgan fingerprint density at radius 1 is 1.05 bits per heavy atom. The minimum atomic E-state index is 0.794. The summed E-state index contributed by atoms with van der Waals surface area (Å²) < 4.78 is 0. The van der Waals surface area contributed by atoms with Gasteiger partial charge in [0.25, 0.3) is 0 Å².